The third-order valence-electron chi connectivity index (χ3n) is 5.19. The standard InChI is InChI=1S/C25H20Cl2N4O4/c1-14-6-9-18(13-19(14)27)29-23(32)20-12-15-4-3-5-21(35-2)22(15)31(20)30-25(34)24(33)28-17-10-7-16(26)8-11-17/h3-13H,1-2H3,(H,28,33)(H,29,32)(H,30,34). The maximum Gasteiger partial charge on any atom is 0.328 e. The largest absolute Gasteiger partial charge is 0.494 e. The third kappa shape index (κ3) is 5.24. The van der Waals surface area contributed by atoms with Crippen LogP contribution >= 0.6 is 23.2 Å². The maximum atomic E-state index is 13.2. The van der Waals surface area contributed by atoms with E-state index in [1.807, 2.05) is 6.92 Å². The highest BCUT2D eigenvalue weighted by Crippen LogP contribution is 2.29. The Morgan fingerprint density at radius 3 is 2.26 bits per heavy atom. The molecule has 3 aromatic carbocycles. The van der Waals surface area contributed by atoms with Crippen LogP contribution in [0.25, 0.3) is 10.9 Å². The van der Waals surface area contributed by atoms with Gasteiger partial charge in [0.25, 0.3) is 5.91 Å². The number of para-hydroxylation sites is 1. The van der Waals surface area contributed by atoms with E-state index < -0.39 is 17.7 Å². The van der Waals surface area contributed by atoms with Gasteiger partial charge in [0.2, 0.25) is 0 Å². The lowest BCUT2D eigenvalue weighted by molar-refractivity contribution is -0.133. The van der Waals surface area contributed by atoms with Gasteiger partial charge in [0.1, 0.15) is 17.0 Å². The van der Waals surface area contributed by atoms with Crippen LogP contribution in [-0.4, -0.2) is 29.5 Å². The Morgan fingerprint density at radius 2 is 1.57 bits per heavy atom. The van der Waals surface area contributed by atoms with Crippen LogP contribution in [-0.2, 0) is 9.59 Å². The number of methoxy groups -OCH3 is 1. The van der Waals surface area contributed by atoms with Crippen LogP contribution in [0, 0.1) is 6.92 Å². The van der Waals surface area contributed by atoms with E-state index in [2.05, 4.69) is 16.1 Å². The van der Waals surface area contributed by atoms with Crippen molar-refractivity contribution >= 4 is 63.2 Å². The van der Waals surface area contributed by atoms with Gasteiger partial charge < -0.3 is 15.4 Å². The number of ether oxygens (including phenoxy) is 1. The summed E-state index contributed by atoms with van der Waals surface area (Å²) in [7, 11) is 1.47. The molecule has 0 aliphatic rings. The zero-order valence-electron chi connectivity index (χ0n) is 18.7. The molecule has 0 radical (unpaired) electrons. The van der Waals surface area contributed by atoms with Crippen molar-refractivity contribution in [2.75, 3.05) is 23.2 Å². The van der Waals surface area contributed by atoms with Crippen molar-refractivity contribution in [1.29, 1.82) is 0 Å². The average molecular weight is 511 g/mol. The van der Waals surface area contributed by atoms with Crippen LogP contribution in [0.15, 0.2) is 66.7 Å². The SMILES string of the molecule is COc1cccc2cc(C(=O)Nc3ccc(C)c(Cl)c3)n(NC(=O)C(=O)Nc3ccc(Cl)cc3)c12. The first-order chi connectivity index (χ1) is 16.8. The van der Waals surface area contributed by atoms with Crippen molar-refractivity contribution in [2.45, 2.75) is 6.92 Å². The van der Waals surface area contributed by atoms with E-state index in [1.54, 1.807) is 66.7 Å². The normalized spacial score (nSPS) is 10.6. The van der Waals surface area contributed by atoms with Crippen LogP contribution < -0.4 is 20.8 Å². The lowest BCUT2D eigenvalue weighted by Gasteiger charge is -2.14. The Morgan fingerprint density at radius 1 is 0.857 bits per heavy atom. The molecule has 8 nitrogen and oxygen atoms in total. The summed E-state index contributed by atoms with van der Waals surface area (Å²) in [6.45, 7) is 1.85. The molecule has 0 saturated heterocycles. The first-order valence-corrected chi connectivity index (χ1v) is 11.2. The molecular weight excluding hydrogens is 491 g/mol. The van der Waals surface area contributed by atoms with Gasteiger partial charge in [-0.1, -0.05) is 41.4 Å². The lowest BCUT2D eigenvalue weighted by Crippen LogP contribution is -2.36. The number of nitrogens with one attached hydrogen (secondary N) is 3. The van der Waals surface area contributed by atoms with Crippen molar-refractivity contribution in [3.63, 3.8) is 0 Å². The fraction of sp³-hybridized carbons (Fsp3) is 0.0800. The number of amides is 3. The van der Waals surface area contributed by atoms with Gasteiger partial charge in [-0.05, 0) is 61.0 Å². The number of nitrogens with zero attached hydrogens (tertiary/aromatic N) is 1. The minimum absolute atomic E-state index is 0.0776. The molecule has 4 aromatic rings. The van der Waals surface area contributed by atoms with Crippen molar-refractivity contribution < 1.29 is 19.1 Å². The monoisotopic (exact) mass is 510 g/mol. The summed E-state index contributed by atoms with van der Waals surface area (Å²) in [6, 6.07) is 18.2. The minimum Gasteiger partial charge on any atom is -0.494 e. The molecule has 178 valence electrons. The molecule has 4 rings (SSSR count). The topological polar surface area (TPSA) is 101 Å². The number of benzene rings is 3. The quantitative estimate of drug-likeness (QED) is 0.320. The van der Waals surface area contributed by atoms with Gasteiger partial charge in [-0.25, -0.2) is 4.68 Å². The van der Waals surface area contributed by atoms with Crippen LogP contribution in [0.3, 0.4) is 0 Å². The van der Waals surface area contributed by atoms with Crippen LogP contribution in [0.1, 0.15) is 16.1 Å². The second kappa shape index (κ2) is 10.1. The van der Waals surface area contributed by atoms with Crippen molar-refractivity contribution in [3.05, 3.63) is 88.0 Å². The molecule has 0 atom stereocenters. The van der Waals surface area contributed by atoms with E-state index in [-0.39, 0.29) is 5.69 Å². The number of hydrogen-bond donors (Lipinski definition) is 3. The van der Waals surface area contributed by atoms with E-state index >= 15 is 0 Å². The van der Waals surface area contributed by atoms with E-state index in [0.717, 1.165) is 5.56 Å². The molecule has 1 aromatic heterocycles. The number of carbonyl (C=O) groups is 3. The number of anilines is 2. The number of aryl methyl sites for hydroxylation is 1. The molecule has 0 unspecified atom stereocenters. The predicted molar refractivity (Wildman–Crippen MR) is 137 cm³/mol. The molecule has 0 spiro atoms. The Balaban J connectivity index is 1.66. The minimum atomic E-state index is -0.990. The fourth-order valence-corrected chi connectivity index (χ4v) is 3.72. The van der Waals surface area contributed by atoms with Gasteiger partial charge in [-0.2, -0.15) is 0 Å². The van der Waals surface area contributed by atoms with Crippen LogP contribution in [0.4, 0.5) is 11.4 Å². The molecular formula is C25H20Cl2N4O4. The second-order valence-electron chi connectivity index (χ2n) is 7.58. The molecule has 3 amide bonds. The first kappa shape index (κ1) is 24.1. The van der Waals surface area contributed by atoms with Crippen molar-refractivity contribution in [2.24, 2.45) is 0 Å². The summed E-state index contributed by atoms with van der Waals surface area (Å²) in [5, 5.41) is 6.86. The highest BCUT2D eigenvalue weighted by molar-refractivity contribution is 6.42. The predicted octanol–water partition coefficient (Wildman–Crippen LogP) is 5.23. The molecule has 35 heavy (non-hydrogen) atoms. The fourth-order valence-electron chi connectivity index (χ4n) is 3.41. The number of hydrogen-bond acceptors (Lipinski definition) is 4. The summed E-state index contributed by atoms with van der Waals surface area (Å²) >= 11 is 12.0. The number of rotatable bonds is 5. The highest BCUT2D eigenvalue weighted by atomic mass is 35.5. The van der Waals surface area contributed by atoms with Crippen molar-refractivity contribution in [1.82, 2.24) is 4.68 Å². The summed E-state index contributed by atoms with van der Waals surface area (Å²) < 4.78 is 6.65. The van der Waals surface area contributed by atoms with E-state index in [1.165, 1.54) is 11.8 Å². The van der Waals surface area contributed by atoms with Crippen LogP contribution in [0.2, 0.25) is 10.0 Å². The van der Waals surface area contributed by atoms with E-state index in [4.69, 9.17) is 27.9 Å². The van der Waals surface area contributed by atoms with Gasteiger partial charge >= 0.3 is 11.8 Å². The summed E-state index contributed by atoms with van der Waals surface area (Å²) in [5.41, 5.74) is 4.71. The Labute approximate surface area is 210 Å². The van der Waals surface area contributed by atoms with Gasteiger partial charge in [-0.15, -0.1) is 0 Å². The molecule has 10 heteroatoms. The molecule has 0 saturated carbocycles. The summed E-state index contributed by atoms with van der Waals surface area (Å²) in [4.78, 5) is 38.5. The van der Waals surface area contributed by atoms with Gasteiger partial charge in [0.05, 0.1) is 7.11 Å². The lowest BCUT2D eigenvalue weighted by atomic mass is 10.2. The smallest absolute Gasteiger partial charge is 0.328 e. The Kier molecular flexibility index (Phi) is 6.95. The molecule has 0 aliphatic heterocycles. The first-order valence-electron chi connectivity index (χ1n) is 10.4. The molecule has 0 aliphatic carbocycles. The zero-order valence-corrected chi connectivity index (χ0v) is 20.2. The molecule has 0 fully saturated rings. The molecule has 3 N–H and O–H groups in total. The number of carbonyl (C=O) groups excluding carboxylic acids is 3. The molecule has 1 heterocycles. The average Bonchev–Trinajstić information content (AvgIpc) is 3.21. The maximum absolute atomic E-state index is 13.2. The van der Waals surface area contributed by atoms with Crippen LogP contribution in [0.5, 0.6) is 5.75 Å². The number of fused-ring (bicyclic) bond motifs is 1. The number of halogens is 2. The molecule has 0 bridgehead atoms. The Bertz CT molecular complexity index is 1450. The highest BCUT2D eigenvalue weighted by Gasteiger charge is 2.23. The third-order valence-corrected chi connectivity index (χ3v) is 5.85. The van der Waals surface area contributed by atoms with Crippen molar-refractivity contribution in [3.8, 4) is 5.75 Å². The second-order valence-corrected chi connectivity index (χ2v) is 8.43. The van der Waals surface area contributed by atoms with Gasteiger partial charge in [0, 0.05) is 26.8 Å². The Hall–Kier alpha value is -4.01. The number of aromatic nitrogens is 1. The van der Waals surface area contributed by atoms with E-state index in [9.17, 15) is 14.4 Å². The zero-order chi connectivity index (χ0) is 25.1. The van der Waals surface area contributed by atoms with E-state index in [0.29, 0.717) is 38.1 Å². The summed E-state index contributed by atoms with van der Waals surface area (Å²) in [6.07, 6.45) is 0. The summed E-state index contributed by atoms with van der Waals surface area (Å²) in [5.74, 6) is -2.04. The van der Waals surface area contributed by atoms with Gasteiger partial charge in [0.15, 0.2) is 0 Å². The van der Waals surface area contributed by atoms with Gasteiger partial charge in [-0.3, -0.25) is 19.8 Å².